The van der Waals surface area contributed by atoms with Crippen molar-refractivity contribution >= 4 is 39.5 Å². The number of phosphoric acid groups is 2. The molecular formula is C89H174O17P2. The summed E-state index contributed by atoms with van der Waals surface area (Å²) in [5.74, 6) is -1.28. The maximum atomic E-state index is 13.2. The van der Waals surface area contributed by atoms with Crippen LogP contribution in [0.25, 0.3) is 0 Å². The third kappa shape index (κ3) is 82.1. The van der Waals surface area contributed by atoms with Gasteiger partial charge in [0, 0.05) is 25.7 Å². The van der Waals surface area contributed by atoms with E-state index < -0.39 is 97.5 Å². The lowest BCUT2D eigenvalue weighted by molar-refractivity contribution is -0.161. The highest BCUT2D eigenvalue weighted by Crippen LogP contribution is 2.45. The molecule has 0 bridgehead atoms. The second kappa shape index (κ2) is 81.6. The highest BCUT2D eigenvalue weighted by Gasteiger charge is 2.30. The van der Waals surface area contributed by atoms with Gasteiger partial charge in [0.2, 0.25) is 0 Å². The van der Waals surface area contributed by atoms with Crippen molar-refractivity contribution in [2.45, 2.75) is 502 Å². The maximum Gasteiger partial charge on any atom is 0.472 e. The van der Waals surface area contributed by atoms with E-state index in [2.05, 4.69) is 34.6 Å². The van der Waals surface area contributed by atoms with Crippen molar-refractivity contribution in [3.8, 4) is 0 Å². The van der Waals surface area contributed by atoms with E-state index in [1.165, 1.54) is 308 Å². The summed E-state index contributed by atoms with van der Waals surface area (Å²) in [6.07, 6.45) is 76.5. The second-order valence-corrected chi connectivity index (χ2v) is 35.4. The first kappa shape index (κ1) is 106. The van der Waals surface area contributed by atoms with Crippen LogP contribution >= 0.6 is 15.6 Å². The molecule has 0 saturated carbocycles. The Morgan fingerprint density at radius 1 is 0.250 bits per heavy atom. The molecule has 0 aliphatic rings. The number of carbonyl (C=O) groups is 4. The normalized spacial score (nSPS) is 13.7. The van der Waals surface area contributed by atoms with E-state index in [4.69, 9.17) is 37.0 Å². The van der Waals surface area contributed by atoms with Crippen LogP contribution in [0.15, 0.2) is 0 Å². The summed E-state index contributed by atoms with van der Waals surface area (Å²) in [5, 5.41) is 10.7. The predicted octanol–water partition coefficient (Wildman–Crippen LogP) is 27.5. The van der Waals surface area contributed by atoms with Crippen LogP contribution in [-0.4, -0.2) is 96.7 Å². The first-order valence-corrected chi connectivity index (χ1v) is 49.1. The van der Waals surface area contributed by atoms with E-state index >= 15 is 0 Å². The molecule has 108 heavy (non-hydrogen) atoms. The summed E-state index contributed by atoms with van der Waals surface area (Å²) in [6, 6.07) is 0. The number of unbranched alkanes of at least 4 members (excludes halogenated alkanes) is 61. The molecule has 17 nitrogen and oxygen atoms in total. The summed E-state index contributed by atoms with van der Waals surface area (Å²) >= 11 is 0. The molecule has 0 aromatic carbocycles. The summed E-state index contributed by atoms with van der Waals surface area (Å²) in [7, 11) is -9.93. The van der Waals surface area contributed by atoms with E-state index in [0.29, 0.717) is 25.7 Å². The number of esters is 4. The van der Waals surface area contributed by atoms with Crippen LogP contribution in [0.3, 0.4) is 0 Å². The van der Waals surface area contributed by atoms with Crippen LogP contribution < -0.4 is 0 Å². The molecule has 0 aliphatic carbocycles. The molecule has 0 aromatic heterocycles. The van der Waals surface area contributed by atoms with Gasteiger partial charge in [-0.05, 0) is 31.6 Å². The highest BCUT2D eigenvalue weighted by molar-refractivity contribution is 7.47. The van der Waals surface area contributed by atoms with Crippen molar-refractivity contribution in [1.82, 2.24) is 0 Å². The van der Waals surface area contributed by atoms with Gasteiger partial charge in [0.25, 0.3) is 0 Å². The Bertz CT molecular complexity index is 2050. The third-order valence-electron chi connectivity index (χ3n) is 21.0. The zero-order valence-electron chi connectivity index (χ0n) is 71.0. The lowest BCUT2D eigenvalue weighted by atomic mass is 10.0. The fourth-order valence-corrected chi connectivity index (χ4v) is 15.6. The van der Waals surface area contributed by atoms with E-state index in [1.807, 2.05) is 0 Å². The van der Waals surface area contributed by atoms with E-state index in [9.17, 15) is 43.2 Å². The lowest BCUT2D eigenvalue weighted by Crippen LogP contribution is -2.30. The fraction of sp³-hybridized carbons (Fsp3) is 0.955. The number of ether oxygens (including phenoxy) is 4. The molecule has 5 atom stereocenters. The average molecular weight is 1580 g/mol. The second-order valence-electron chi connectivity index (χ2n) is 32.5. The van der Waals surface area contributed by atoms with Crippen molar-refractivity contribution in [3.05, 3.63) is 0 Å². The maximum absolute atomic E-state index is 13.2. The number of carbonyl (C=O) groups excluding carboxylic acids is 4. The standard InChI is InChI=1S/C89H174O17P2/c1-6-9-12-15-18-21-23-25-27-29-31-32-34-36-42-46-50-55-60-65-70-75-89(94)106-85(79-100-87(92)73-68-63-58-53-48-44-40-38-37-39-43-47-52-56-61-66-71-82(4)5)81-104-108(97,98)102-77-83(90)76-101-107(95,96)103-80-84(78-99-86(91)72-67-62-57-51-20-17-14-11-8-3)105-88(93)74-69-64-59-54-49-45-41-35-33-30-28-26-24-22-19-16-13-10-7-2/h82-85,90H,6-81H2,1-5H3,(H,95,96)(H,97,98)/t83-,84+,85+/m0/s1. The fourth-order valence-electron chi connectivity index (χ4n) is 14.0. The van der Waals surface area contributed by atoms with Gasteiger partial charge in [-0.2, -0.15) is 0 Å². The smallest absolute Gasteiger partial charge is 0.462 e. The Morgan fingerprint density at radius 2 is 0.426 bits per heavy atom. The van der Waals surface area contributed by atoms with Crippen LogP contribution in [-0.2, 0) is 65.4 Å². The summed E-state index contributed by atoms with van der Waals surface area (Å²) < 4.78 is 68.9. The van der Waals surface area contributed by atoms with E-state index in [1.54, 1.807) is 0 Å². The Balaban J connectivity index is 5.19. The summed E-state index contributed by atoms with van der Waals surface area (Å²) in [5.41, 5.74) is 0. The molecule has 0 spiro atoms. The van der Waals surface area contributed by atoms with Crippen LogP contribution in [0.5, 0.6) is 0 Å². The summed E-state index contributed by atoms with van der Waals surface area (Å²) in [4.78, 5) is 73.3. The van der Waals surface area contributed by atoms with Gasteiger partial charge >= 0.3 is 39.5 Å². The van der Waals surface area contributed by atoms with Gasteiger partial charge in [-0.25, -0.2) is 9.13 Å². The molecule has 2 unspecified atom stereocenters. The molecule has 0 aliphatic heterocycles. The highest BCUT2D eigenvalue weighted by atomic mass is 31.2. The van der Waals surface area contributed by atoms with Crippen LogP contribution in [0.2, 0.25) is 0 Å². The SMILES string of the molecule is CCCCCCCCCCCCCCCCCCCCCCCC(=O)O[C@H](COC(=O)CCCCCCCCCCCCCCCCCCC(C)C)COP(=O)(O)OC[C@@H](O)COP(=O)(O)OC[C@@H](COC(=O)CCCCCCCCCCC)OC(=O)CCCCCCCCCCCCCCCCCCCCC. The molecule has 3 N–H and O–H groups in total. The predicted molar refractivity (Wildman–Crippen MR) is 446 cm³/mol. The first-order valence-electron chi connectivity index (χ1n) is 46.1. The van der Waals surface area contributed by atoms with Crippen molar-refractivity contribution in [2.75, 3.05) is 39.6 Å². The quantitative estimate of drug-likeness (QED) is 0.0222. The zero-order valence-corrected chi connectivity index (χ0v) is 72.8. The molecule has 0 heterocycles. The number of rotatable bonds is 89. The molecule has 0 saturated heterocycles. The van der Waals surface area contributed by atoms with Gasteiger partial charge in [-0.15, -0.1) is 0 Å². The van der Waals surface area contributed by atoms with Gasteiger partial charge in [0.15, 0.2) is 12.2 Å². The molecule has 642 valence electrons. The zero-order chi connectivity index (χ0) is 79.0. The van der Waals surface area contributed by atoms with Crippen molar-refractivity contribution in [3.63, 3.8) is 0 Å². The van der Waals surface area contributed by atoms with Gasteiger partial charge in [-0.1, -0.05) is 433 Å². The Hall–Kier alpha value is -1.94. The van der Waals surface area contributed by atoms with E-state index in [0.717, 1.165) is 95.8 Å². The third-order valence-corrected chi connectivity index (χ3v) is 22.9. The van der Waals surface area contributed by atoms with Gasteiger partial charge < -0.3 is 33.8 Å². The molecule has 0 radical (unpaired) electrons. The molecule has 0 amide bonds. The van der Waals surface area contributed by atoms with Crippen molar-refractivity contribution in [2.24, 2.45) is 5.92 Å². The minimum absolute atomic E-state index is 0.109. The van der Waals surface area contributed by atoms with Crippen molar-refractivity contribution < 1.29 is 80.2 Å². The number of aliphatic hydroxyl groups excluding tert-OH is 1. The molecular weight excluding hydrogens is 1400 g/mol. The lowest BCUT2D eigenvalue weighted by Gasteiger charge is -2.21. The van der Waals surface area contributed by atoms with Gasteiger partial charge in [0.05, 0.1) is 26.4 Å². The molecule has 0 aromatic rings. The van der Waals surface area contributed by atoms with Crippen LogP contribution in [0, 0.1) is 5.92 Å². The average Bonchev–Trinajstić information content (AvgIpc) is 0.898. The Labute approximate surface area is 664 Å². The number of phosphoric ester groups is 2. The van der Waals surface area contributed by atoms with Crippen molar-refractivity contribution in [1.29, 1.82) is 0 Å². The van der Waals surface area contributed by atoms with Gasteiger partial charge in [0.1, 0.15) is 19.3 Å². The Morgan fingerprint density at radius 3 is 0.630 bits per heavy atom. The number of aliphatic hydroxyl groups is 1. The number of hydrogen-bond acceptors (Lipinski definition) is 15. The summed E-state index contributed by atoms with van der Waals surface area (Å²) in [6.45, 7) is 7.40. The topological polar surface area (TPSA) is 237 Å². The monoisotopic (exact) mass is 1580 g/mol. The molecule has 19 heteroatoms. The largest absolute Gasteiger partial charge is 0.472 e. The first-order chi connectivity index (χ1) is 52.5. The Kier molecular flexibility index (Phi) is 80.2. The molecule has 0 fully saturated rings. The van der Waals surface area contributed by atoms with Crippen LogP contribution in [0.1, 0.15) is 484 Å². The minimum atomic E-state index is -4.97. The van der Waals surface area contributed by atoms with Gasteiger partial charge in [-0.3, -0.25) is 37.3 Å². The molecule has 0 rings (SSSR count). The number of hydrogen-bond donors (Lipinski definition) is 3. The minimum Gasteiger partial charge on any atom is -0.462 e. The van der Waals surface area contributed by atoms with E-state index in [-0.39, 0.29) is 25.7 Å². The van der Waals surface area contributed by atoms with Crippen LogP contribution in [0.4, 0.5) is 0 Å².